The van der Waals surface area contributed by atoms with Crippen molar-refractivity contribution in [3.63, 3.8) is 0 Å². The number of halogens is 1. The van der Waals surface area contributed by atoms with Gasteiger partial charge in [-0.05, 0) is 42.8 Å². The Kier molecular flexibility index (Phi) is 4.83. The Bertz CT molecular complexity index is 979. The van der Waals surface area contributed by atoms with Gasteiger partial charge in [-0.15, -0.1) is 0 Å². The number of rotatable bonds is 4. The Morgan fingerprint density at radius 1 is 1.11 bits per heavy atom. The third-order valence-corrected chi connectivity index (χ3v) is 5.47. The van der Waals surface area contributed by atoms with E-state index >= 15 is 0 Å². The molecule has 1 aliphatic heterocycles. The Balaban J connectivity index is 1.51. The number of para-hydroxylation sites is 1. The zero-order valence-electron chi connectivity index (χ0n) is 15.5. The highest BCUT2D eigenvalue weighted by Gasteiger charge is 2.26. The fourth-order valence-electron chi connectivity index (χ4n) is 4.10. The molecule has 138 valence electrons. The van der Waals surface area contributed by atoms with Crippen molar-refractivity contribution in [2.75, 3.05) is 31.1 Å². The summed E-state index contributed by atoms with van der Waals surface area (Å²) in [5.41, 5.74) is 3.87. The van der Waals surface area contributed by atoms with Crippen molar-refractivity contribution in [2.24, 2.45) is 0 Å². The lowest BCUT2D eigenvalue weighted by atomic mass is 10.1. The molecule has 4 nitrogen and oxygen atoms in total. The number of fused-ring (bicyclic) bond motifs is 1. The normalized spacial score (nSPS) is 16.4. The zero-order chi connectivity index (χ0) is 18.8. The van der Waals surface area contributed by atoms with E-state index in [1.165, 1.54) is 6.07 Å². The summed E-state index contributed by atoms with van der Waals surface area (Å²) in [6.45, 7) is 5.84. The van der Waals surface area contributed by atoms with Gasteiger partial charge in [0.2, 0.25) is 0 Å². The van der Waals surface area contributed by atoms with Crippen LogP contribution >= 0.6 is 0 Å². The summed E-state index contributed by atoms with van der Waals surface area (Å²) in [6.07, 6.45) is 0.990. The molecular weight excluding hydrogens is 339 g/mol. The van der Waals surface area contributed by atoms with Gasteiger partial charge in [0, 0.05) is 48.8 Å². The second-order valence-corrected chi connectivity index (χ2v) is 7.03. The van der Waals surface area contributed by atoms with Crippen LogP contribution in [0.5, 0.6) is 0 Å². The first-order valence-corrected chi connectivity index (χ1v) is 9.46. The van der Waals surface area contributed by atoms with E-state index in [-0.39, 0.29) is 11.9 Å². The molecule has 1 fully saturated rings. The number of piperazine rings is 1. The molecule has 0 radical (unpaired) electrons. The van der Waals surface area contributed by atoms with Crippen LogP contribution < -0.4 is 4.90 Å². The van der Waals surface area contributed by atoms with Crippen molar-refractivity contribution in [1.82, 2.24) is 9.88 Å². The van der Waals surface area contributed by atoms with E-state index in [2.05, 4.69) is 33.8 Å². The van der Waals surface area contributed by atoms with Crippen LogP contribution in [0.15, 0.2) is 48.5 Å². The molecule has 0 spiro atoms. The number of H-pyrrole nitrogens is 1. The highest BCUT2D eigenvalue weighted by molar-refractivity contribution is 5.80. The molecule has 2 heterocycles. The molecule has 0 saturated carbocycles. The summed E-state index contributed by atoms with van der Waals surface area (Å²) < 4.78 is 13.5. The number of nitrogens with zero attached hydrogens (tertiary/aromatic N) is 3. The van der Waals surface area contributed by atoms with Crippen molar-refractivity contribution in [1.29, 1.82) is 5.26 Å². The van der Waals surface area contributed by atoms with Crippen LogP contribution in [-0.4, -0.2) is 36.1 Å². The van der Waals surface area contributed by atoms with Gasteiger partial charge in [0.05, 0.1) is 11.3 Å². The first-order chi connectivity index (χ1) is 13.2. The van der Waals surface area contributed by atoms with Gasteiger partial charge in [-0.1, -0.05) is 19.1 Å². The first kappa shape index (κ1) is 17.6. The van der Waals surface area contributed by atoms with Gasteiger partial charge in [0.25, 0.3) is 0 Å². The molecule has 0 bridgehead atoms. The van der Waals surface area contributed by atoms with E-state index in [0.29, 0.717) is 0 Å². The molecule has 1 aromatic heterocycles. The third-order valence-electron chi connectivity index (χ3n) is 5.47. The molecule has 0 amide bonds. The molecule has 5 heteroatoms. The average Bonchev–Trinajstić information content (AvgIpc) is 3.11. The van der Waals surface area contributed by atoms with Gasteiger partial charge in [-0.3, -0.25) is 4.90 Å². The lowest BCUT2D eigenvalue weighted by Crippen LogP contribution is -2.47. The first-order valence-electron chi connectivity index (χ1n) is 9.46. The molecule has 27 heavy (non-hydrogen) atoms. The van der Waals surface area contributed by atoms with Crippen molar-refractivity contribution in [3.05, 3.63) is 65.6 Å². The van der Waals surface area contributed by atoms with E-state index in [1.807, 2.05) is 24.3 Å². The Morgan fingerprint density at radius 2 is 1.89 bits per heavy atom. The maximum Gasteiger partial charge on any atom is 0.123 e. The van der Waals surface area contributed by atoms with Crippen LogP contribution in [0.2, 0.25) is 0 Å². The lowest BCUT2D eigenvalue weighted by Gasteiger charge is -2.40. The molecule has 1 aliphatic rings. The molecule has 2 aromatic carbocycles. The Morgan fingerprint density at radius 3 is 2.63 bits per heavy atom. The summed E-state index contributed by atoms with van der Waals surface area (Å²) in [6, 6.07) is 17.3. The van der Waals surface area contributed by atoms with Gasteiger partial charge in [0.1, 0.15) is 11.9 Å². The summed E-state index contributed by atoms with van der Waals surface area (Å²) in [5.74, 6) is -0.203. The van der Waals surface area contributed by atoms with Crippen LogP contribution in [0.3, 0.4) is 0 Å². The van der Waals surface area contributed by atoms with E-state index in [4.69, 9.17) is 0 Å². The molecule has 1 unspecified atom stereocenters. The highest BCUT2D eigenvalue weighted by Crippen LogP contribution is 2.29. The van der Waals surface area contributed by atoms with Crippen LogP contribution in [0.1, 0.15) is 30.6 Å². The van der Waals surface area contributed by atoms with Crippen LogP contribution in [0, 0.1) is 17.1 Å². The quantitative estimate of drug-likeness (QED) is 0.746. The number of hydrogen-bond acceptors (Lipinski definition) is 3. The second-order valence-electron chi connectivity index (χ2n) is 7.03. The fraction of sp³-hybridized carbons (Fsp3) is 0.318. The molecule has 4 rings (SSSR count). The molecule has 1 saturated heterocycles. The van der Waals surface area contributed by atoms with Crippen molar-refractivity contribution in [3.8, 4) is 6.07 Å². The monoisotopic (exact) mass is 362 g/mol. The maximum absolute atomic E-state index is 13.5. The number of benzene rings is 2. The number of nitrogens with one attached hydrogen (secondary N) is 1. The van der Waals surface area contributed by atoms with Crippen molar-refractivity contribution in [2.45, 2.75) is 19.4 Å². The SMILES string of the molecule is CCC(c1cc2cc(F)ccc2[nH]1)N1CCN(c2ccccc2C#N)CC1. The van der Waals surface area contributed by atoms with Crippen LogP contribution in [0.4, 0.5) is 10.1 Å². The predicted octanol–water partition coefficient (Wildman–Crippen LogP) is 4.45. The Hall–Kier alpha value is -2.84. The minimum absolute atomic E-state index is 0.203. The molecule has 3 aromatic rings. The second kappa shape index (κ2) is 7.42. The fourth-order valence-corrected chi connectivity index (χ4v) is 4.10. The maximum atomic E-state index is 13.5. The van der Waals surface area contributed by atoms with Gasteiger partial charge in [-0.25, -0.2) is 4.39 Å². The van der Waals surface area contributed by atoms with Gasteiger partial charge in [-0.2, -0.15) is 5.26 Å². The molecule has 1 N–H and O–H groups in total. The summed E-state index contributed by atoms with van der Waals surface area (Å²) >= 11 is 0. The molecule has 0 aliphatic carbocycles. The minimum Gasteiger partial charge on any atom is -0.368 e. The molecule has 1 atom stereocenters. The number of anilines is 1. The highest BCUT2D eigenvalue weighted by atomic mass is 19.1. The predicted molar refractivity (Wildman–Crippen MR) is 106 cm³/mol. The third kappa shape index (κ3) is 3.41. The average molecular weight is 362 g/mol. The largest absolute Gasteiger partial charge is 0.368 e. The summed E-state index contributed by atoms with van der Waals surface area (Å²) in [7, 11) is 0. The smallest absolute Gasteiger partial charge is 0.123 e. The van der Waals surface area contributed by atoms with E-state index < -0.39 is 0 Å². The minimum atomic E-state index is -0.203. The van der Waals surface area contributed by atoms with Crippen molar-refractivity contribution < 1.29 is 4.39 Å². The van der Waals surface area contributed by atoms with E-state index in [0.717, 1.165) is 60.4 Å². The number of aromatic nitrogens is 1. The number of hydrogen-bond donors (Lipinski definition) is 1. The number of aromatic amines is 1. The summed E-state index contributed by atoms with van der Waals surface area (Å²) in [4.78, 5) is 8.24. The molecular formula is C22H23FN4. The topological polar surface area (TPSA) is 46.1 Å². The van der Waals surface area contributed by atoms with Crippen LogP contribution in [-0.2, 0) is 0 Å². The van der Waals surface area contributed by atoms with Crippen LogP contribution in [0.25, 0.3) is 10.9 Å². The van der Waals surface area contributed by atoms with E-state index in [9.17, 15) is 9.65 Å². The standard InChI is InChI=1S/C22H23FN4/c1-2-21(20-14-17-13-18(23)7-8-19(17)25-20)26-9-11-27(12-10-26)22-6-4-3-5-16(22)15-24/h3-8,13-14,21,25H,2,9-12H2,1H3. The zero-order valence-corrected chi connectivity index (χ0v) is 15.5. The van der Waals surface area contributed by atoms with Crippen molar-refractivity contribution >= 4 is 16.6 Å². The Labute approximate surface area is 158 Å². The van der Waals surface area contributed by atoms with E-state index in [1.54, 1.807) is 12.1 Å². The van der Waals surface area contributed by atoms with Gasteiger partial charge in [0.15, 0.2) is 0 Å². The van der Waals surface area contributed by atoms with Gasteiger partial charge < -0.3 is 9.88 Å². The number of nitriles is 1. The lowest BCUT2D eigenvalue weighted by molar-refractivity contribution is 0.178. The summed E-state index contributed by atoms with van der Waals surface area (Å²) in [5, 5.41) is 10.3. The van der Waals surface area contributed by atoms with Gasteiger partial charge >= 0.3 is 0 Å².